The number of hydrogen-bond acceptors (Lipinski definition) is 5. The average molecular weight is 473 g/mol. The molecule has 0 bridgehead atoms. The fraction of sp³-hybridized carbons (Fsp3) is 0.897. The number of ether oxygens (including phenoxy) is 4. The Kier molecular flexibility index (Phi) is 6.68. The van der Waals surface area contributed by atoms with Crippen LogP contribution in [-0.2, 0) is 23.7 Å². The molecule has 5 unspecified atom stereocenters. The number of carbonyl (C=O) groups is 1. The van der Waals surface area contributed by atoms with E-state index in [1.165, 1.54) is 37.5 Å². The van der Waals surface area contributed by atoms with Crippen molar-refractivity contribution >= 4 is 6.29 Å². The highest BCUT2D eigenvalue weighted by Crippen LogP contribution is 2.65. The van der Waals surface area contributed by atoms with Crippen LogP contribution in [-0.4, -0.2) is 44.3 Å². The van der Waals surface area contributed by atoms with Crippen LogP contribution in [0.15, 0.2) is 11.6 Å². The molecule has 0 aromatic rings. The van der Waals surface area contributed by atoms with E-state index in [4.69, 9.17) is 18.9 Å². The SMILES string of the molecule is C[C@]12CCC3C(CC=C4C[C@@H](OC5CCCCO5)CC[C@@]43C=O)C1CC[C@@H]2OC1CCCCO1. The van der Waals surface area contributed by atoms with Gasteiger partial charge in [-0.1, -0.05) is 18.6 Å². The van der Waals surface area contributed by atoms with Crippen LogP contribution in [0.1, 0.15) is 96.8 Å². The van der Waals surface area contributed by atoms with E-state index in [2.05, 4.69) is 13.0 Å². The van der Waals surface area contributed by atoms with Crippen molar-refractivity contribution in [2.45, 2.75) is 122 Å². The van der Waals surface area contributed by atoms with Crippen molar-refractivity contribution in [2.75, 3.05) is 13.2 Å². The van der Waals surface area contributed by atoms with E-state index in [1.807, 2.05) is 0 Å². The van der Waals surface area contributed by atoms with E-state index in [9.17, 15) is 4.79 Å². The van der Waals surface area contributed by atoms with Gasteiger partial charge in [0.15, 0.2) is 12.6 Å². The molecule has 34 heavy (non-hydrogen) atoms. The highest BCUT2D eigenvalue weighted by atomic mass is 16.7. The summed E-state index contributed by atoms with van der Waals surface area (Å²) in [5.74, 6) is 1.74. The first kappa shape index (κ1) is 23.6. The maximum atomic E-state index is 12.8. The molecular weight excluding hydrogens is 428 g/mol. The Labute approximate surface area is 205 Å². The molecular formula is C29H44O5. The van der Waals surface area contributed by atoms with Crippen LogP contribution < -0.4 is 0 Å². The van der Waals surface area contributed by atoms with Crippen LogP contribution in [0, 0.1) is 28.6 Å². The number of fused-ring (bicyclic) bond motifs is 5. The van der Waals surface area contributed by atoms with Crippen molar-refractivity contribution in [3.63, 3.8) is 0 Å². The molecule has 0 aromatic carbocycles. The molecule has 6 aliphatic rings. The molecule has 0 radical (unpaired) electrons. The van der Waals surface area contributed by atoms with Gasteiger partial charge < -0.3 is 23.7 Å². The Hall–Kier alpha value is -0.750. The zero-order valence-electron chi connectivity index (χ0n) is 21.1. The summed E-state index contributed by atoms with van der Waals surface area (Å²) in [6, 6.07) is 0. The summed E-state index contributed by atoms with van der Waals surface area (Å²) in [5.41, 5.74) is 1.33. The minimum absolute atomic E-state index is 0.00496. The lowest BCUT2D eigenvalue weighted by Crippen LogP contribution is -2.53. The highest BCUT2D eigenvalue weighted by molar-refractivity contribution is 5.67. The van der Waals surface area contributed by atoms with E-state index in [0.717, 1.165) is 77.4 Å². The summed E-state index contributed by atoms with van der Waals surface area (Å²) in [7, 11) is 0. The first-order chi connectivity index (χ1) is 16.6. The molecule has 2 saturated heterocycles. The number of carbonyl (C=O) groups excluding carboxylic acids is 1. The number of rotatable bonds is 5. The molecule has 2 heterocycles. The second kappa shape index (κ2) is 9.61. The van der Waals surface area contributed by atoms with Crippen molar-refractivity contribution in [3.8, 4) is 0 Å². The molecule has 190 valence electrons. The van der Waals surface area contributed by atoms with Crippen LogP contribution in [0.2, 0.25) is 0 Å². The molecule has 2 aliphatic heterocycles. The summed E-state index contributed by atoms with van der Waals surface area (Å²) in [6.07, 6.45) is 19.7. The van der Waals surface area contributed by atoms with Gasteiger partial charge in [-0.15, -0.1) is 0 Å². The van der Waals surface area contributed by atoms with Crippen molar-refractivity contribution in [1.29, 1.82) is 0 Å². The molecule has 5 heteroatoms. The van der Waals surface area contributed by atoms with Crippen LogP contribution in [0.25, 0.3) is 0 Å². The third-order valence-corrected chi connectivity index (χ3v) is 10.7. The Balaban J connectivity index is 1.16. The molecule has 0 amide bonds. The number of aldehydes is 1. The zero-order valence-corrected chi connectivity index (χ0v) is 21.1. The Bertz CT molecular complexity index is 768. The van der Waals surface area contributed by atoms with Gasteiger partial charge in [-0.2, -0.15) is 0 Å². The Morgan fingerprint density at radius 2 is 1.65 bits per heavy atom. The van der Waals surface area contributed by atoms with Gasteiger partial charge in [0.1, 0.15) is 6.29 Å². The van der Waals surface area contributed by atoms with Gasteiger partial charge in [-0.25, -0.2) is 0 Å². The second-order valence-electron chi connectivity index (χ2n) is 12.3. The van der Waals surface area contributed by atoms with E-state index >= 15 is 0 Å². The molecule has 5 nitrogen and oxygen atoms in total. The summed E-state index contributed by atoms with van der Waals surface area (Å²) in [6.45, 7) is 4.14. The summed E-state index contributed by atoms with van der Waals surface area (Å²) in [4.78, 5) is 12.8. The van der Waals surface area contributed by atoms with Crippen LogP contribution in [0.3, 0.4) is 0 Å². The van der Waals surface area contributed by atoms with Crippen molar-refractivity contribution in [1.82, 2.24) is 0 Å². The normalized spacial score (nSPS) is 48.9. The van der Waals surface area contributed by atoms with Crippen molar-refractivity contribution in [3.05, 3.63) is 11.6 Å². The summed E-state index contributed by atoms with van der Waals surface area (Å²) in [5, 5.41) is 0. The Morgan fingerprint density at radius 3 is 2.35 bits per heavy atom. The molecule has 5 fully saturated rings. The molecule has 0 aromatic heterocycles. The van der Waals surface area contributed by atoms with E-state index in [-0.39, 0.29) is 29.5 Å². The van der Waals surface area contributed by atoms with Crippen molar-refractivity contribution in [2.24, 2.45) is 28.6 Å². The van der Waals surface area contributed by atoms with Gasteiger partial charge in [-0.3, -0.25) is 0 Å². The predicted molar refractivity (Wildman–Crippen MR) is 129 cm³/mol. The standard InChI is InChI=1S/C29H44O5/c1-28-14-13-24-22(23(28)10-11-25(28)34-27-7-3-5-17-32-27)9-8-20-18-21(12-15-29(20,24)19-30)33-26-6-2-4-16-31-26/h8,19,21-27H,2-7,9-18H2,1H3/t21-,22?,23?,24?,25-,26?,27?,28-,29+/m0/s1. The van der Waals surface area contributed by atoms with Gasteiger partial charge in [0.25, 0.3) is 0 Å². The maximum Gasteiger partial charge on any atom is 0.157 e. The van der Waals surface area contributed by atoms with Crippen LogP contribution >= 0.6 is 0 Å². The fourth-order valence-corrected chi connectivity index (χ4v) is 8.88. The predicted octanol–water partition coefficient (Wildman–Crippen LogP) is 5.95. The second-order valence-corrected chi connectivity index (χ2v) is 12.3. The lowest BCUT2D eigenvalue weighted by Gasteiger charge is -2.57. The van der Waals surface area contributed by atoms with E-state index in [1.54, 1.807) is 0 Å². The third kappa shape index (κ3) is 4.03. The summed E-state index contributed by atoms with van der Waals surface area (Å²) < 4.78 is 24.8. The molecule has 3 saturated carbocycles. The Morgan fingerprint density at radius 1 is 0.882 bits per heavy atom. The minimum Gasteiger partial charge on any atom is -0.353 e. The smallest absolute Gasteiger partial charge is 0.157 e. The van der Waals surface area contributed by atoms with Gasteiger partial charge in [0.2, 0.25) is 0 Å². The molecule has 0 spiro atoms. The lowest BCUT2D eigenvalue weighted by molar-refractivity contribution is -0.216. The van der Waals surface area contributed by atoms with Gasteiger partial charge >= 0.3 is 0 Å². The largest absolute Gasteiger partial charge is 0.353 e. The molecule has 4 aliphatic carbocycles. The van der Waals surface area contributed by atoms with Crippen molar-refractivity contribution < 1.29 is 23.7 Å². The fourth-order valence-electron chi connectivity index (χ4n) is 8.88. The minimum atomic E-state index is -0.261. The van der Waals surface area contributed by atoms with E-state index < -0.39 is 0 Å². The highest BCUT2D eigenvalue weighted by Gasteiger charge is 2.60. The molecule has 9 atom stereocenters. The quantitative estimate of drug-likeness (QED) is 0.365. The topological polar surface area (TPSA) is 54.0 Å². The molecule has 0 N–H and O–H groups in total. The lowest BCUT2D eigenvalue weighted by atomic mass is 9.47. The molecule has 6 rings (SSSR count). The third-order valence-electron chi connectivity index (χ3n) is 10.7. The maximum absolute atomic E-state index is 12.8. The summed E-state index contributed by atoms with van der Waals surface area (Å²) >= 11 is 0. The van der Waals surface area contributed by atoms with Crippen LogP contribution in [0.5, 0.6) is 0 Å². The first-order valence-electron chi connectivity index (χ1n) is 14.3. The zero-order chi connectivity index (χ0) is 23.2. The number of hydrogen-bond donors (Lipinski definition) is 0. The monoisotopic (exact) mass is 472 g/mol. The van der Waals surface area contributed by atoms with Gasteiger partial charge in [-0.05, 0) is 113 Å². The van der Waals surface area contributed by atoms with E-state index in [0.29, 0.717) is 23.9 Å². The van der Waals surface area contributed by atoms with Gasteiger partial charge in [0, 0.05) is 13.2 Å². The van der Waals surface area contributed by atoms with Crippen LogP contribution in [0.4, 0.5) is 0 Å². The number of allylic oxidation sites excluding steroid dienone is 1. The van der Waals surface area contributed by atoms with Gasteiger partial charge in [0.05, 0.1) is 17.6 Å². The average Bonchev–Trinajstić information content (AvgIpc) is 3.21. The first-order valence-corrected chi connectivity index (χ1v) is 14.3.